The van der Waals surface area contributed by atoms with E-state index in [4.69, 9.17) is 13.9 Å². The summed E-state index contributed by atoms with van der Waals surface area (Å²) in [6.45, 7) is 16.2. The van der Waals surface area contributed by atoms with Crippen LogP contribution in [0.5, 0.6) is 11.5 Å². The highest BCUT2D eigenvalue weighted by molar-refractivity contribution is 5.85. The molecule has 1 aliphatic heterocycles. The summed E-state index contributed by atoms with van der Waals surface area (Å²) >= 11 is 0. The molecule has 29 heavy (non-hydrogen) atoms. The molecular weight excluding hydrogens is 368 g/mol. The average molecular weight is 403 g/mol. The fourth-order valence-electron chi connectivity index (χ4n) is 4.36. The van der Waals surface area contributed by atoms with Gasteiger partial charge in [0, 0.05) is 37.1 Å². The molecule has 6 nitrogen and oxygen atoms in total. The number of rotatable bonds is 9. The van der Waals surface area contributed by atoms with Crippen LogP contribution in [0.15, 0.2) is 21.3 Å². The Kier molecular flexibility index (Phi) is 7.19. The predicted molar refractivity (Wildman–Crippen MR) is 116 cm³/mol. The predicted octanol–water partition coefficient (Wildman–Crippen LogP) is 3.68. The van der Waals surface area contributed by atoms with Crippen LogP contribution in [0.1, 0.15) is 45.7 Å². The maximum atomic E-state index is 12.8. The highest BCUT2D eigenvalue weighted by Crippen LogP contribution is 2.35. The molecular formula is C23H34N2O4. The second-order valence-electron chi connectivity index (χ2n) is 7.56. The van der Waals surface area contributed by atoms with Gasteiger partial charge in [0.25, 0.3) is 0 Å². The van der Waals surface area contributed by atoms with Crippen molar-refractivity contribution in [3.8, 4) is 11.5 Å². The van der Waals surface area contributed by atoms with Crippen LogP contribution in [0.2, 0.25) is 0 Å². The topological polar surface area (TPSA) is 55.2 Å². The average Bonchev–Trinajstić information content (AvgIpc) is 2.70. The summed E-state index contributed by atoms with van der Waals surface area (Å²) in [5.41, 5.74) is 2.21. The molecule has 0 spiro atoms. The lowest BCUT2D eigenvalue weighted by molar-refractivity contribution is 0.149. The van der Waals surface area contributed by atoms with Crippen LogP contribution >= 0.6 is 0 Å². The van der Waals surface area contributed by atoms with E-state index in [1.807, 2.05) is 19.9 Å². The van der Waals surface area contributed by atoms with Gasteiger partial charge in [0.1, 0.15) is 5.58 Å². The molecule has 0 N–H and O–H groups in total. The van der Waals surface area contributed by atoms with Gasteiger partial charge in [-0.15, -0.1) is 0 Å². The SMILES string of the molecule is CCOc1cc2oc(=O)c3c(c2cc1OCC)CCN(CC(C)N(CC)CC)C3. The number of likely N-dealkylation sites (N-methyl/N-ethyl adjacent to an activating group) is 1. The summed E-state index contributed by atoms with van der Waals surface area (Å²) in [7, 11) is 0. The lowest BCUT2D eigenvalue weighted by Gasteiger charge is -2.34. The van der Waals surface area contributed by atoms with E-state index in [-0.39, 0.29) is 5.63 Å². The number of ether oxygens (including phenoxy) is 2. The minimum atomic E-state index is -0.237. The van der Waals surface area contributed by atoms with Crippen LogP contribution in [-0.2, 0) is 13.0 Å². The van der Waals surface area contributed by atoms with Crippen molar-refractivity contribution in [3.63, 3.8) is 0 Å². The van der Waals surface area contributed by atoms with Gasteiger partial charge in [0.2, 0.25) is 0 Å². The maximum absolute atomic E-state index is 12.8. The Labute approximate surface area is 173 Å². The first kappa shape index (κ1) is 21.7. The molecule has 3 rings (SSSR count). The van der Waals surface area contributed by atoms with Crippen molar-refractivity contribution in [3.05, 3.63) is 33.7 Å². The van der Waals surface area contributed by atoms with E-state index in [0.717, 1.165) is 49.1 Å². The number of fused-ring (bicyclic) bond motifs is 3. The molecule has 160 valence electrons. The maximum Gasteiger partial charge on any atom is 0.341 e. The highest BCUT2D eigenvalue weighted by Gasteiger charge is 2.25. The highest BCUT2D eigenvalue weighted by atomic mass is 16.5. The lowest BCUT2D eigenvalue weighted by atomic mass is 9.97. The number of hydrogen-bond donors (Lipinski definition) is 0. The molecule has 0 radical (unpaired) electrons. The first-order valence-corrected chi connectivity index (χ1v) is 10.9. The van der Waals surface area contributed by atoms with Gasteiger partial charge in [-0.2, -0.15) is 0 Å². The summed E-state index contributed by atoms with van der Waals surface area (Å²) in [6.07, 6.45) is 0.835. The zero-order valence-corrected chi connectivity index (χ0v) is 18.4. The summed E-state index contributed by atoms with van der Waals surface area (Å²) in [6, 6.07) is 4.22. The van der Waals surface area contributed by atoms with Crippen molar-refractivity contribution in [2.24, 2.45) is 0 Å². The van der Waals surface area contributed by atoms with E-state index < -0.39 is 0 Å². The van der Waals surface area contributed by atoms with Crippen LogP contribution in [0.4, 0.5) is 0 Å². The second-order valence-corrected chi connectivity index (χ2v) is 7.56. The Morgan fingerprint density at radius 2 is 1.72 bits per heavy atom. The summed E-state index contributed by atoms with van der Waals surface area (Å²) < 4.78 is 17.2. The number of hydrogen-bond acceptors (Lipinski definition) is 6. The van der Waals surface area contributed by atoms with E-state index in [2.05, 4.69) is 30.6 Å². The minimum absolute atomic E-state index is 0.237. The van der Waals surface area contributed by atoms with E-state index in [0.29, 0.717) is 42.9 Å². The molecule has 0 saturated heterocycles. The van der Waals surface area contributed by atoms with Gasteiger partial charge in [-0.3, -0.25) is 9.80 Å². The molecule has 0 aliphatic carbocycles. The first-order chi connectivity index (χ1) is 14.0. The van der Waals surface area contributed by atoms with Crippen LogP contribution in [0.25, 0.3) is 11.0 Å². The molecule has 6 heteroatoms. The molecule has 1 aromatic heterocycles. The van der Waals surface area contributed by atoms with Crippen LogP contribution < -0.4 is 15.1 Å². The molecule has 1 aromatic carbocycles. The molecule has 1 aliphatic rings. The first-order valence-electron chi connectivity index (χ1n) is 10.9. The molecule has 0 bridgehead atoms. The third-order valence-corrected chi connectivity index (χ3v) is 5.80. The molecule has 1 atom stereocenters. The Balaban J connectivity index is 1.93. The monoisotopic (exact) mass is 402 g/mol. The van der Waals surface area contributed by atoms with Crippen molar-refractivity contribution in [1.82, 2.24) is 9.80 Å². The largest absolute Gasteiger partial charge is 0.490 e. The molecule has 1 unspecified atom stereocenters. The zero-order valence-electron chi connectivity index (χ0n) is 18.4. The molecule has 2 aromatic rings. The normalized spacial score (nSPS) is 15.5. The van der Waals surface area contributed by atoms with Crippen molar-refractivity contribution in [2.45, 2.75) is 53.6 Å². The third kappa shape index (κ3) is 4.59. The van der Waals surface area contributed by atoms with Crippen molar-refractivity contribution in [2.75, 3.05) is 39.4 Å². The second kappa shape index (κ2) is 9.63. The Morgan fingerprint density at radius 1 is 1.07 bits per heavy atom. The van der Waals surface area contributed by atoms with Gasteiger partial charge in [-0.1, -0.05) is 13.8 Å². The smallest absolute Gasteiger partial charge is 0.341 e. The van der Waals surface area contributed by atoms with Gasteiger partial charge >= 0.3 is 5.63 Å². The third-order valence-electron chi connectivity index (χ3n) is 5.80. The number of nitrogens with zero attached hydrogens (tertiary/aromatic N) is 2. The summed E-state index contributed by atoms with van der Waals surface area (Å²) in [4.78, 5) is 17.6. The fraction of sp³-hybridized carbons (Fsp3) is 0.609. The van der Waals surface area contributed by atoms with E-state index in [9.17, 15) is 4.79 Å². The van der Waals surface area contributed by atoms with E-state index in [1.54, 1.807) is 6.07 Å². The zero-order chi connectivity index (χ0) is 21.0. The van der Waals surface area contributed by atoms with E-state index >= 15 is 0 Å². The minimum Gasteiger partial charge on any atom is -0.490 e. The van der Waals surface area contributed by atoms with Gasteiger partial charge in [-0.05, 0) is 51.9 Å². The van der Waals surface area contributed by atoms with Gasteiger partial charge < -0.3 is 13.9 Å². The van der Waals surface area contributed by atoms with Gasteiger partial charge in [0.15, 0.2) is 11.5 Å². The molecule has 2 heterocycles. The molecule has 0 amide bonds. The quantitative estimate of drug-likeness (QED) is 0.597. The molecule has 0 fully saturated rings. The van der Waals surface area contributed by atoms with Crippen LogP contribution in [0.3, 0.4) is 0 Å². The van der Waals surface area contributed by atoms with Gasteiger partial charge in [-0.25, -0.2) is 4.79 Å². The Hall–Kier alpha value is -2.05. The summed E-state index contributed by atoms with van der Waals surface area (Å²) in [5, 5.41) is 0.961. The van der Waals surface area contributed by atoms with Crippen molar-refractivity contribution < 1.29 is 13.9 Å². The number of benzene rings is 1. The van der Waals surface area contributed by atoms with Gasteiger partial charge in [0.05, 0.1) is 18.8 Å². The standard InChI is InChI=1S/C23H34N2O4/c1-6-25(7-2)16(5)14-24-11-10-17-18-12-21(27-8-3)22(28-9-4)13-20(18)29-23(26)19(17)15-24/h12-13,16H,6-11,14-15H2,1-5H3. The van der Waals surface area contributed by atoms with Crippen molar-refractivity contribution in [1.29, 1.82) is 0 Å². The fourth-order valence-corrected chi connectivity index (χ4v) is 4.36. The molecule has 0 saturated carbocycles. The van der Waals surface area contributed by atoms with Crippen LogP contribution in [0, 0.1) is 0 Å². The van der Waals surface area contributed by atoms with Crippen molar-refractivity contribution >= 4 is 11.0 Å². The summed E-state index contributed by atoms with van der Waals surface area (Å²) in [5.74, 6) is 1.32. The lowest BCUT2D eigenvalue weighted by Crippen LogP contribution is -2.44. The Bertz CT molecular complexity index is 889. The van der Waals surface area contributed by atoms with E-state index in [1.165, 1.54) is 0 Å². The Morgan fingerprint density at radius 3 is 2.34 bits per heavy atom. The van der Waals surface area contributed by atoms with Crippen LogP contribution in [-0.4, -0.2) is 55.2 Å².